The van der Waals surface area contributed by atoms with Crippen molar-refractivity contribution < 1.29 is 0 Å². The first kappa shape index (κ1) is 16.0. The average molecular weight is 253 g/mol. The van der Waals surface area contributed by atoms with E-state index in [1.807, 2.05) is 0 Å². The fourth-order valence-electron chi connectivity index (χ4n) is 2.92. The topological polar surface area (TPSA) is 12.0 Å². The van der Waals surface area contributed by atoms with E-state index in [0.29, 0.717) is 10.8 Å². The summed E-state index contributed by atoms with van der Waals surface area (Å²) in [6.45, 7) is 15.4. The molecule has 108 valence electrons. The minimum atomic E-state index is 0.454. The predicted octanol–water partition coefficient (Wildman–Crippen LogP) is 5.01. The molecule has 0 heterocycles. The Morgan fingerprint density at radius 3 is 2.17 bits per heavy atom. The summed E-state index contributed by atoms with van der Waals surface area (Å²) in [5.41, 5.74) is 0.952. The van der Waals surface area contributed by atoms with Crippen LogP contribution < -0.4 is 5.32 Å². The number of rotatable bonds is 4. The molecule has 0 aliphatic heterocycles. The largest absolute Gasteiger partial charge is 0.313 e. The van der Waals surface area contributed by atoms with Gasteiger partial charge in [-0.1, -0.05) is 48.0 Å². The van der Waals surface area contributed by atoms with Crippen LogP contribution in [0, 0.1) is 16.7 Å². The first-order valence-electron chi connectivity index (χ1n) is 7.98. The molecule has 0 spiro atoms. The van der Waals surface area contributed by atoms with Crippen LogP contribution in [0.25, 0.3) is 0 Å². The van der Waals surface area contributed by atoms with E-state index in [1.54, 1.807) is 0 Å². The summed E-state index contributed by atoms with van der Waals surface area (Å²) in [4.78, 5) is 0. The quantitative estimate of drug-likeness (QED) is 0.695. The van der Waals surface area contributed by atoms with Crippen molar-refractivity contribution in [3.8, 4) is 0 Å². The van der Waals surface area contributed by atoms with Crippen molar-refractivity contribution in [1.29, 1.82) is 0 Å². The van der Waals surface area contributed by atoms with E-state index in [2.05, 4.69) is 46.9 Å². The van der Waals surface area contributed by atoms with Gasteiger partial charge < -0.3 is 5.32 Å². The maximum absolute atomic E-state index is 3.82. The first-order valence-corrected chi connectivity index (χ1v) is 7.98. The Morgan fingerprint density at radius 1 is 0.944 bits per heavy atom. The third-order valence-corrected chi connectivity index (χ3v) is 5.02. The van der Waals surface area contributed by atoms with Crippen molar-refractivity contribution in [3.63, 3.8) is 0 Å². The lowest BCUT2D eigenvalue weighted by Gasteiger charge is -2.30. The molecule has 1 N–H and O–H groups in total. The van der Waals surface area contributed by atoms with E-state index in [0.717, 1.165) is 12.0 Å². The van der Waals surface area contributed by atoms with Gasteiger partial charge in [0, 0.05) is 12.6 Å². The van der Waals surface area contributed by atoms with Gasteiger partial charge in [-0.2, -0.15) is 0 Å². The molecule has 0 radical (unpaired) electrons. The Hall–Kier alpha value is -0.0400. The molecule has 1 nitrogen and oxygen atoms in total. The second kappa shape index (κ2) is 6.41. The zero-order valence-corrected chi connectivity index (χ0v) is 13.6. The Balaban J connectivity index is 2.38. The maximum atomic E-state index is 3.82. The molecule has 18 heavy (non-hydrogen) atoms. The standard InChI is InChI=1S/C17H35N/c1-7-17(5,6)13-18-15-10-8-9-14(11-12-15)16(2,3)4/h14-15,18H,7-13H2,1-6H3. The van der Waals surface area contributed by atoms with Crippen LogP contribution in [0.2, 0.25) is 0 Å². The van der Waals surface area contributed by atoms with E-state index < -0.39 is 0 Å². The summed E-state index contributed by atoms with van der Waals surface area (Å²) in [6, 6.07) is 0.767. The Bertz CT molecular complexity index is 236. The van der Waals surface area contributed by atoms with E-state index >= 15 is 0 Å². The monoisotopic (exact) mass is 253 g/mol. The van der Waals surface area contributed by atoms with Gasteiger partial charge in [0.05, 0.1) is 0 Å². The lowest BCUT2D eigenvalue weighted by atomic mass is 9.76. The Labute approximate surface area is 115 Å². The normalized spacial score (nSPS) is 27.0. The van der Waals surface area contributed by atoms with Crippen molar-refractivity contribution in [2.45, 2.75) is 86.1 Å². The van der Waals surface area contributed by atoms with Crippen LogP contribution in [0.5, 0.6) is 0 Å². The molecule has 2 atom stereocenters. The molecule has 1 aliphatic carbocycles. The summed E-state index contributed by atoms with van der Waals surface area (Å²) in [5, 5.41) is 3.82. The molecule has 1 rings (SSSR count). The molecule has 0 saturated heterocycles. The molecule has 2 unspecified atom stereocenters. The van der Waals surface area contributed by atoms with Crippen LogP contribution in [0.4, 0.5) is 0 Å². The molecule has 0 aromatic carbocycles. The highest BCUT2D eigenvalue weighted by molar-refractivity contribution is 4.82. The molecule has 1 heteroatoms. The fourth-order valence-corrected chi connectivity index (χ4v) is 2.92. The maximum Gasteiger partial charge on any atom is 0.00673 e. The zero-order chi connectivity index (χ0) is 13.8. The highest BCUT2D eigenvalue weighted by Crippen LogP contribution is 2.36. The van der Waals surface area contributed by atoms with E-state index in [9.17, 15) is 0 Å². The SMILES string of the molecule is CCC(C)(C)CNC1CCCC(C(C)(C)C)CC1. The van der Waals surface area contributed by atoms with Gasteiger partial charge in [-0.25, -0.2) is 0 Å². The number of nitrogens with one attached hydrogen (secondary N) is 1. The van der Waals surface area contributed by atoms with Crippen LogP contribution in [0.3, 0.4) is 0 Å². The van der Waals surface area contributed by atoms with Gasteiger partial charge in [0.15, 0.2) is 0 Å². The number of hydrogen-bond acceptors (Lipinski definition) is 1. The second-order valence-corrected chi connectivity index (χ2v) is 8.17. The summed E-state index contributed by atoms with van der Waals surface area (Å²) < 4.78 is 0. The average Bonchev–Trinajstić information content (AvgIpc) is 2.51. The Morgan fingerprint density at radius 2 is 1.61 bits per heavy atom. The Kier molecular flexibility index (Phi) is 5.70. The van der Waals surface area contributed by atoms with Crippen molar-refractivity contribution in [2.75, 3.05) is 6.54 Å². The molecule has 1 saturated carbocycles. The van der Waals surface area contributed by atoms with Crippen molar-refractivity contribution in [2.24, 2.45) is 16.7 Å². The van der Waals surface area contributed by atoms with Gasteiger partial charge in [-0.05, 0) is 48.9 Å². The first-order chi connectivity index (χ1) is 8.24. The van der Waals surface area contributed by atoms with Crippen molar-refractivity contribution >= 4 is 0 Å². The molecule has 0 aromatic heterocycles. The zero-order valence-electron chi connectivity index (χ0n) is 13.6. The summed E-state index contributed by atoms with van der Waals surface area (Å²) >= 11 is 0. The van der Waals surface area contributed by atoms with Gasteiger partial charge >= 0.3 is 0 Å². The third-order valence-electron chi connectivity index (χ3n) is 5.02. The molecule has 1 fully saturated rings. The summed E-state index contributed by atoms with van der Waals surface area (Å²) in [6.07, 6.45) is 8.27. The third kappa shape index (κ3) is 5.30. The molecule has 1 aliphatic rings. The van der Waals surface area contributed by atoms with E-state index in [1.165, 1.54) is 45.1 Å². The van der Waals surface area contributed by atoms with Gasteiger partial charge in [-0.15, -0.1) is 0 Å². The van der Waals surface area contributed by atoms with Gasteiger partial charge in [0.25, 0.3) is 0 Å². The summed E-state index contributed by atoms with van der Waals surface area (Å²) in [5.74, 6) is 0.920. The lowest BCUT2D eigenvalue weighted by molar-refractivity contribution is 0.212. The lowest BCUT2D eigenvalue weighted by Crippen LogP contribution is -2.36. The molecule has 0 amide bonds. The van der Waals surface area contributed by atoms with Crippen LogP contribution in [0.1, 0.15) is 80.1 Å². The van der Waals surface area contributed by atoms with Gasteiger partial charge in [-0.3, -0.25) is 0 Å². The van der Waals surface area contributed by atoms with Crippen LogP contribution in [-0.2, 0) is 0 Å². The second-order valence-electron chi connectivity index (χ2n) is 8.17. The predicted molar refractivity (Wildman–Crippen MR) is 81.9 cm³/mol. The van der Waals surface area contributed by atoms with Gasteiger partial charge in [0.1, 0.15) is 0 Å². The van der Waals surface area contributed by atoms with E-state index in [-0.39, 0.29) is 0 Å². The molecular formula is C17H35N. The van der Waals surface area contributed by atoms with E-state index in [4.69, 9.17) is 0 Å². The minimum absolute atomic E-state index is 0.454. The van der Waals surface area contributed by atoms with Crippen LogP contribution >= 0.6 is 0 Å². The summed E-state index contributed by atoms with van der Waals surface area (Å²) in [7, 11) is 0. The van der Waals surface area contributed by atoms with Crippen LogP contribution in [0.15, 0.2) is 0 Å². The smallest absolute Gasteiger partial charge is 0.00673 e. The van der Waals surface area contributed by atoms with Gasteiger partial charge in [0.2, 0.25) is 0 Å². The van der Waals surface area contributed by atoms with Crippen LogP contribution in [-0.4, -0.2) is 12.6 Å². The molecule has 0 aromatic rings. The number of hydrogen-bond donors (Lipinski definition) is 1. The van der Waals surface area contributed by atoms with Crippen molar-refractivity contribution in [1.82, 2.24) is 5.32 Å². The fraction of sp³-hybridized carbons (Fsp3) is 1.00. The highest BCUT2D eigenvalue weighted by atomic mass is 14.9. The minimum Gasteiger partial charge on any atom is -0.313 e. The molecule has 0 bridgehead atoms. The molecular weight excluding hydrogens is 218 g/mol. The highest BCUT2D eigenvalue weighted by Gasteiger charge is 2.28. The van der Waals surface area contributed by atoms with Crippen molar-refractivity contribution in [3.05, 3.63) is 0 Å².